The van der Waals surface area contributed by atoms with Crippen molar-refractivity contribution in [3.63, 3.8) is 0 Å². The minimum Gasteiger partial charge on any atom is -0.409 e. The van der Waals surface area contributed by atoms with Gasteiger partial charge in [-0.05, 0) is 118 Å². The molecule has 2 bridgehead atoms. The average Bonchev–Trinajstić information content (AvgIpc) is 3.48. The Kier molecular flexibility index (Phi) is 7.82. The minimum absolute atomic E-state index is 0.0983. The summed E-state index contributed by atoms with van der Waals surface area (Å²) < 4.78 is 23.3. The highest BCUT2D eigenvalue weighted by atomic mass is 28.4. The van der Waals surface area contributed by atoms with Crippen molar-refractivity contribution >= 4 is 27.4 Å². The largest absolute Gasteiger partial charge is 0.409 e. The van der Waals surface area contributed by atoms with E-state index in [1.807, 2.05) is 12.4 Å². The number of nitrogens with zero attached hydrogens (tertiary/aromatic N) is 1. The molecule has 8 rings (SSSR count). The third kappa shape index (κ3) is 4.43. The lowest BCUT2D eigenvalue weighted by Gasteiger charge is -2.57. The van der Waals surface area contributed by atoms with Gasteiger partial charge in [-0.25, -0.2) is 0 Å². The molecule has 2 saturated heterocycles. The van der Waals surface area contributed by atoms with E-state index >= 15 is 0 Å². The molecule has 5 nitrogen and oxygen atoms in total. The fraction of sp³-hybridized carbons (Fsp3) is 0.683. The lowest BCUT2D eigenvalue weighted by atomic mass is 9.58. The second-order valence-corrected chi connectivity index (χ2v) is 28.6. The Hall–Kier alpha value is -1.62. The summed E-state index contributed by atoms with van der Waals surface area (Å²) in [6.07, 6.45) is 15.3. The fourth-order valence-electron chi connectivity index (χ4n) is 12.3. The van der Waals surface area contributed by atoms with Gasteiger partial charge in [0.1, 0.15) is 0 Å². The van der Waals surface area contributed by atoms with Gasteiger partial charge in [-0.1, -0.05) is 86.6 Å². The van der Waals surface area contributed by atoms with E-state index in [1.165, 1.54) is 40.3 Å². The Morgan fingerprint density at radius 1 is 0.875 bits per heavy atom. The highest BCUT2D eigenvalue weighted by Crippen LogP contribution is 2.70. The number of hydrogen-bond donors (Lipinski definition) is 1. The van der Waals surface area contributed by atoms with Crippen molar-refractivity contribution in [2.75, 3.05) is 0 Å². The summed E-state index contributed by atoms with van der Waals surface area (Å²) in [5.74, 6) is 0.994. The first kappa shape index (κ1) is 33.5. The Balaban J connectivity index is 1.22. The summed E-state index contributed by atoms with van der Waals surface area (Å²) in [6.45, 7) is 22.0. The van der Waals surface area contributed by atoms with Gasteiger partial charge in [0, 0.05) is 23.8 Å². The first-order valence-electron chi connectivity index (χ1n) is 19.3. The number of nitrogens with two attached hydrogens (primary N) is 1. The van der Waals surface area contributed by atoms with Gasteiger partial charge in [-0.15, -0.1) is 0 Å². The monoisotopic (exact) mass is 684 g/mol. The number of allylic oxidation sites excluding steroid dienone is 1. The number of hydrogen-bond acceptors (Lipinski definition) is 5. The topological polar surface area (TPSA) is 66.6 Å². The summed E-state index contributed by atoms with van der Waals surface area (Å²) in [5, 5.41) is 2.51. The van der Waals surface area contributed by atoms with Crippen LogP contribution in [0.3, 0.4) is 0 Å². The third-order valence-electron chi connectivity index (χ3n) is 15.1. The molecular formula is C41H60N2O3Si2. The molecule has 4 fully saturated rings. The van der Waals surface area contributed by atoms with Crippen molar-refractivity contribution in [1.29, 1.82) is 0 Å². The molecule has 2 N–H and O–H groups in total. The van der Waals surface area contributed by atoms with Gasteiger partial charge >= 0.3 is 0 Å². The molecule has 0 unspecified atom stereocenters. The molecule has 2 saturated carbocycles. The molecule has 2 spiro atoms. The zero-order valence-electron chi connectivity index (χ0n) is 31.0. The van der Waals surface area contributed by atoms with Gasteiger partial charge in [-0.3, -0.25) is 4.98 Å². The molecule has 1 aromatic carbocycles. The van der Waals surface area contributed by atoms with Gasteiger partial charge in [0.15, 0.2) is 16.6 Å². The van der Waals surface area contributed by atoms with E-state index < -0.39 is 16.6 Å². The molecule has 48 heavy (non-hydrogen) atoms. The van der Waals surface area contributed by atoms with E-state index in [1.54, 1.807) is 0 Å². The standard InChI is InChI=1S/C41H60N2O3Si2/c1-25(2)47(26(3)4)24-48(27(5)6,28(7)8)45-38-35(42)22-40-17-18-41(46-40)32(21-34(40)37(38)44-47)14-16-39(9)33(12-13-36(39)41)30-11-10-29-15-19-43-23-31(29)20-30/h10-11,14-15,19-21,23,25-28,33,35-38H,12-13,16-18,22,24,42H2,1-9H3/t33-,35+,36-,37-,38-,39-,40-,41-/m1/s1. The fourth-order valence-corrected chi connectivity index (χ4v) is 28.3. The Morgan fingerprint density at radius 2 is 1.58 bits per heavy atom. The van der Waals surface area contributed by atoms with E-state index in [-0.39, 0.29) is 34.9 Å². The molecule has 0 radical (unpaired) electrons. The Labute approximate surface area is 291 Å². The maximum atomic E-state index is 7.85. The lowest BCUT2D eigenvalue weighted by molar-refractivity contribution is -0.152. The van der Waals surface area contributed by atoms with Crippen LogP contribution >= 0.6 is 0 Å². The van der Waals surface area contributed by atoms with Crippen molar-refractivity contribution in [2.24, 2.45) is 17.1 Å². The normalized spacial score (nSPS) is 39.6. The smallest absolute Gasteiger partial charge is 0.198 e. The van der Waals surface area contributed by atoms with Crippen LogP contribution < -0.4 is 5.73 Å². The van der Waals surface area contributed by atoms with Crippen LogP contribution in [-0.2, 0) is 13.6 Å². The summed E-state index contributed by atoms with van der Waals surface area (Å²) in [7, 11) is -4.51. The Morgan fingerprint density at radius 3 is 2.29 bits per heavy atom. The van der Waals surface area contributed by atoms with E-state index in [0.29, 0.717) is 34.0 Å². The molecule has 6 aliphatic rings. The van der Waals surface area contributed by atoms with Crippen molar-refractivity contribution < 1.29 is 13.6 Å². The van der Waals surface area contributed by atoms with E-state index in [0.717, 1.165) is 31.4 Å². The first-order valence-corrected chi connectivity index (χ1v) is 23.8. The van der Waals surface area contributed by atoms with Crippen LogP contribution in [0.2, 0.25) is 27.8 Å². The second-order valence-electron chi connectivity index (χ2n) is 18.3. The van der Waals surface area contributed by atoms with Crippen molar-refractivity contribution in [2.45, 2.75) is 164 Å². The summed E-state index contributed by atoms with van der Waals surface area (Å²) >= 11 is 0. The maximum absolute atomic E-state index is 7.85. The molecule has 3 aliphatic carbocycles. The van der Waals surface area contributed by atoms with Gasteiger partial charge < -0.3 is 19.3 Å². The van der Waals surface area contributed by atoms with Crippen LogP contribution in [0.4, 0.5) is 0 Å². The zero-order valence-corrected chi connectivity index (χ0v) is 33.0. The molecule has 4 heterocycles. The first-order chi connectivity index (χ1) is 22.7. The van der Waals surface area contributed by atoms with Gasteiger partial charge in [0.25, 0.3) is 0 Å². The number of ether oxygens (including phenoxy) is 1. The molecular weight excluding hydrogens is 625 g/mol. The van der Waals surface area contributed by atoms with Gasteiger partial charge in [0.2, 0.25) is 0 Å². The minimum atomic E-state index is -2.28. The van der Waals surface area contributed by atoms with Crippen molar-refractivity contribution in [3.05, 3.63) is 65.5 Å². The predicted octanol–water partition coefficient (Wildman–Crippen LogP) is 9.88. The number of pyridine rings is 1. The zero-order chi connectivity index (χ0) is 34.0. The number of benzene rings is 1. The highest BCUT2D eigenvalue weighted by molar-refractivity contribution is 6.94. The van der Waals surface area contributed by atoms with Crippen molar-refractivity contribution in [1.82, 2.24) is 4.98 Å². The van der Waals surface area contributed by atoms with E-state index in [4.69, 9.17) is 19.3 Å². The lowest BCUT2D eigenvalue weighted by Crippen LogP contribution is -2.64. The summed E-state index contributed by atoms with van der Waals surface area (Å²) in [5.41, 5.74) is 14.3. The van der Waals surface area contributed by atoms with Crippen LogP contribution in [0, 0.1) is 11.3 Å². The Bertz CT molecular complexity index is 1650. The molecule has 7 heteroatoms. The van der Waals surface area contributed by atoms with Crippen LogP contribution in [0.15, 0.2) is 60.0 Å². The molecule has 1 aromatic heterocycles. The second kappa shape index (κ2) is 11.2. The quantitative estimate of drug-likeness (QED) is 0.318. The van der Waals surface area contributed by atoms with Gasteiger partial charge in [-0.2, -0.15) is 0 Å². The number of rotatable bonds is 5. The van der Waals surface area contributed by atoms with Gasteiger partial charge in [0.05, 0.1) is 23.4 Å². The molecule has 3 aliphatic heterocycles. The molecule has 8 atom stereocenters. The van der Waals surface area contributed by atoms with Crippen LogP contribution in [0.25, 0.3) is 10.8 Å². The van der Waals surface area contributed by atoms with E-state index in [2.05, 4.69) is 104 Å². The summed E-state index contributed by atoms with van der Waals surface area (Å²) in [6, 6.07) is 9.11. The van der Waals surface area contributed by atoms with Crippen LogP contribution in [0.5, 0.6) is 0 Å². The van der Waals surface area contributed by atoms with Crippen molar-refractivity contribution in [3.8, 4) is 0 Å². The molecule has 0 amide bonds. The number of fused-ring (bicyclic) bond motifs is 4. The van der Waals surface area contributed by atoms with E-state index in [9.17, 15) is 0 Å². The third-order valence-corrected chi connectivity index (χ3v) is 28.7. The predicted molar refractivity (Wildman–Crippen MR) is 201 cm³/mol. The summed E-state index contributed by atoms with van der Waals surface area (Å²) in [4.78, 5) is 4.43. The maximum Gasteiger partial charge on any atom is 0.198 e. The SMILES string of the molecule is CC(C)[Si]1(C(C)C)C[Si](C(C)C)(C(C)C)O[C@@H]2C3=CC4=CC[C@]5(C)[C@@H](c6ccc7ccncc7c6)CC[C@H]5[C@@]45CC[C@]3(C[C@H](N)[C@H]2O1)O5. The van der Waals surface area contributed by atoms with Crippen LogP contribution in [0.1, 0.15) is 112 Å². The average molecular weight is 685 g/mol. The highest BCUT2D eigenvalue weighted by Gasteiger charge is 2.70. The molecule has 2 aromatic rings. The molecule has 260 valence electrons. The number of aromatic nitrogens is 1. The van der Waals surface area contributed by atoms with Crippen LogP contribution in [-0.4, -0.2) is 51.1 Å².